The van der Waals surface area contributed by atoms with Crippen molar-refractivity contribution in [3.05, 3.63) is 52.4 Å². The third-order valence-electron chi connectivity index (χ3n) is 3.76. The number of methoxy groups -OCH3 is 1. The maximum atomic E-state index is 12.2. The Bertz CT molecular complexity index is 785. The van der Waals surface area contributed by atoms with Gasteiger partial charge in [-0.15, -0.1) is 11.3 Å². The molecule has 0 aliphatic rings. The van der Waals surface area contributed by atoms with Crippen LogP contribution in [0.25, 0.3) is 0 Å². The Balaban J connectivity index is 2.09. The quantitative estimate of drug-likeness (QED) is 0.660. The Morgan fingerprint density at radius 2 is 1.85 bits per heavy atom. The van der Waals surface area contributed by atoms with E-state index in [0.717, 1.165) is 10.4 Å². The first-order valence-corrected chi connectivity index (χ1v) is 9.55. The fourth-order valence-electron chi connectivity index (χ4n) is 2.46. The summed E-state index contributed by atoms with van der Waals surface area (Å²) >= 11 is 1.36. The molecule has 0 saturated carbocycles. The minimum atomic E-state index is -0.460. The van der Waals surface area contributed by atoms with Crippen LogP contribution in [0.15, 0.2) is 36.4 Å². The van der Waals surface area contributed by atoms with Crippen molar-refractivity contribution in [2.75, 3.05) is 19.0 Å². The van der Waals surface area contributed by atoms with Gasteiger partial charge >= 0.3 is 11.9 Å². The van der Waals surface area contributed by atoms with Crippen molar-refractivity contribution in [2.24, 2.45) is 0 Å². The fourth-order valence-corrected chi connectivity index (χ4v) is 3.56. The molecule has 7 heteroatoms. The number of ether oxygens (including phenoxy) is 2. The Morgan fingerprint density at radius 3 is 2.52 bits per heavy atom. The molecule has 6 nitrogen and oxygen atoms in total. The molecule has 0 atom stereocenters. The van der Waals surface area contributed by atoms with E-state index >= 15 is 0 Å². The predicted octanol–water partition coefficient (Wildman–Crippen LogP) is 3.80. The second-order valence-corrected chi connectivity index (χ2v) is 6.95. The fraction of sp³-hybridized carbons (Fsp3) is 0.350. The van der Waals surface area contributed by atoms with Gasteiger partial charge in [-0.3, -0.25) is 9.59 Å². The number of thiophene rings is 1. The molecule has 2 aromatic rings. The van der Waals surface area contributed by atoms with Gasteiger partial charge in [0.2, 0.25) is 5.91 Å². The molecule has 0 aliphatic heterocycles. The summed E-state index contributed by atoms with van der Waals surface area (Å²) in [5.41, 5.74) is 1.47. The van der Waals surface area contributed by atoms with Gasteiger partial charge in [-0.05, 0) is 25.0 Å². The van der Waals surface area contributed by atoms with Crippen LogP contribution in [0.3, 0.4) is 0 Å². The molecular weight excluding hydrogens is 366 g/mol. The lowest BCUT2D eigenvalue weighted by Gasteiger charge is -2.06. The molecule has 1 N–H and O–H groups in total. The van der Waals surface area contributed by atoms with Crippen LogP contribution >= 0.6 is 11.3 Å². The van der Waals surface area contributed by atoms with Crippen LogP contribution in [0.4, 0.5) is 5.00 Å². The molecule has 0 fully saturated rings. The lowest BCUT2D eigenvalue weighted by atomic mass is 10.1. The summed E-state index contributed by atoms with van der Waals surface area (Å²) in [6.45, 7) is 2.00. The van der Waals surface area contributed by atoms with E-state index in [0.29, 0.717) is 23.4 Å². The number of carbonyl (C=O) groups is 3. The number of nitrogens with one attached hydrogen (secondary N) is 1. The number of carbonyl (C=O) groups excluding carboxylic acids is 3. The third-order valence-corrected chi connectivity index (χ3v) is 4.82. The van der Waals surface area contributed by atoms with Crippen molar-refractivity contribution >= 4 is 34.2 Å². The summed E-state index contributed by atoms with van der Waals surface area (Å²) < 4.78 is 9.65. The van der Waals surface area contributed by atoms with E-state index < -0.39 is 5.97 Å². The average Bonchev–Trinajstić information content (AvgIpc) is 3.04. The minimum absolute atomic E-state index is 0.170. The monoisotopic (exact) mass is 389 g/mol. The molecular formula is C20H23NO5S. The summed E-state index contributed by atoms with van der Waals surface area (Å²) in [5.74, 6) is -1.06. The number of anilines is 1. The molecule has 0 saturated heterocycles. The SMILES string of the molecule is CCOC(=O)c1cc(Cc2ccccc2)sc1NC(=O)CCCC(=O)OC. The van der Waals surface area contributed by atoms with Crippen LogP contribution in [0.2, 0.25) is 0 Å². The summed E-state index contributed by atoms with van der Waals surface area (Å²) in [7, 11) is 1.31. The number of amides is 1. The Kier molecular flexibility index (Phi) is 8.00. The number of rotatable bonds is 9. The van der Waals surface area contributed by atoms with Crippen molar-refractivity contribution in [3.8, 4) is 0 Å². The van der Waals surface area contributed by atoms with Crippen LogP contribution in [0.1, 0.15) is 47.0 Å². The van der Waals surface area contributed by atoms with Gasteiger partial charge in [0.1, 0.15) is 5.00 Å². The number of hydrogen-bond acceptors (Lipinski definition) is 6. The summed E-state index contributed by atoms with van der Waals surface area (Å²) in [6, 6.07) is 11.6. The highest BCUT2D eigenvalue weighted by molar-refractivity contribution is 7.16. The number of esters is 2. The summed E-state index contributed by atoms with van der Waals surface area (Å²) in [5, 5.41) is 3.25. The topological polar surface area (TPSA) is 81.7 Å². The molecule has 1 aromatic heterocycles. The molecule has 0 radical (unpaired) electrons. The lowest BCUT2D eigenvalue weighted by Crippen LogP contribution is -2.14. The normalized spacial score (nSPS) is 10.3. The van der Waals surface area contributed by atoms with Gasteiger partial charge in [-0.2, -0.15) is 0 Å². The van der Waals surface area contributed by atoms with Gasteiger partial charge in [-0.1, -0.05) is 30.3 Å². The smallest absolute Gasteiger partial charge is 0.341 e. The van der Waals surface area contributed by atoms with E-state index in [4.69, 9.17) is 4.74 Å². The van der Waals surface area contributed by atoms with Gasteiger partial charge in [0.25, 0.3) is 0 Å². The second-order valence-electron chi connectivity index (χ2n) is 5.82. The van der Waals surface area contributed by atoms with Gasteiger partial charge in [0.05, 0.1) is 19.3 Å². The van der Waals surface area contributed by atoms with Crippen LogP contribution in [0, 0.1) is 0 Å². The number of hydrogen-bond donors (Lipinski definition) is 1. The molecule has 0 unspecified atom stereocenters. The first kappa shape index (κ1) is 20.6. The Hall–Kier alpha value is -2.67. The van der Waals surface area contributed by atoms with Crippen molar-refractivity contribution < 1.29 is 23.9 Å². The molecule has 1 heterocycles. The highest BCUT2D eigenvalue weighted by Crippen LogP contribution is 2.31. The van der Waals surface area contributed by atoms with Crippen LogP contribution < -0.4 is 5.32 Å². The highest BCUT2D eigenvalue weighted by Gasteiger charge is 2.19. The zero-order valence-corrected chi connectivity index (χ0v) is 16.3. The Morgan fingerprint density at radius 1 is 1.11 bits per heavy atom. The first-order valence-electron chi connectivity index (χ1n) is 8.74. The molecule has 0 aliphatic carbocycles. The van der Waals surface area contributed by atoms with Gasteiger partial charge in [-0.25, -0.2) is 4.79 Å². The minimum Gasteiger partial charge on any atom is -0.469 e. The molecule has 0 bridgehead atoms. The Labute approximate surface area is 162 Å². The molecule has 1 amide bonds. The molecule has 0 spiro atoms. The first-order chi connectivity index (χ1) is 13.0. The number of benzene rings is 1. The standard InChI is InChI=1S/C20H23NO5S/c1-3-26-20(24)16-13-15(12-14-8-5-4-6-9-14)27-19(16)21-17(22)10-7-11-18(23)25-2/h4-6,8-9,13H,3,7,10-12H2,1-2H3,(H,21,22). The van der Waals surface area contributed by atoms with Crippen molar-refractivity contribution in [1.82, 2.24) is 0 Å². The van der Waals surface area contributed by atoms with Crippen molar-refractivity contribution in [2.45, 2.75) is 32.6 Å². The molecule has 27 heavy (non-hydrogen) atoms. The highest BCUT2D eigenvalue weighted by atomic mass is 32.1. The largest absolute Gasteiger partial charge is 0.469 e. The summed E-state index contributed by atoms with van der Waals surface area (Å²) in [6.07, 6.45) is 1.40. The van der Waals surface area contributed by atoms with Crippen LogP contribution in [-0.2, 0) is 25.5 Å². The van der Waals surface area contributed by atoms with E-state index in [-0.39, 0.29) is 31.3 Å². The van der Waals surface area contributed by atoms with E-state index in [1.54, 1.807) is 13.0 Å². The predicted molar refractivity (Wildman–Crippen MR) is 104 cm³/mol. The van der Waals surface area contributed by atoms with Gasteiger partial charge in [0.15, 0.2) is 0 Å². The van der Waals surface area contributed by atoms with E-state index in [2.05, 4.69) is 10.1 Å². The average molecular weight is 389 g/mol. The molecule has 2 rings (SSSR count). The van der Waals surface area contributed by atoms with Gasteiger partial charge in [0, 0.05) is 24.1 Å². The third kappa shape index (κ3) is 6.53. The van der Waals surface area contributed by atoms with Crippen LogP contribution in [-0.4, -0.2) is 31.6 Å². The van der Waals surface area contributed by atoms with Crippen LogP contribution in [0.5, 0.6) is 0 Å². The van der Waals surface area contributed by atoms with Crippen molar-refractivity contribution in [3.63, 3.8) is 0 Å². The summed E-state index contributed by atoms with van der Waals surface area (Å²) in [4.78, 5) is 36.5. The van der Waals surface area contributed by atoms with E-state index in [1.807, 2.05) is 30.3 Å². The molecule has 1 aromatic carbocycles. The zero-order chi connectivity index (χ0) is 19.6. The lowest BCUT2D eigenvalue weighted by molar-refractivity contribution is -0.140. The van der Waals surface area contributed by atoms with Gasteiger partial charge < -0.3 is 14.8 Å². The van der Waals surface area contributed by atoms with E-state index in [1.165, 1.54) is 18.4 Å². The van der Waals surface area contributed by atoms with Crippen molar-refractivity contribution in [1.29, 1.82) is 0 Å². The maximum Gasteiger partial charge on any atom is 0.341 e. The van der Waals surface area contributed by atoms with E-state index in [9.17, 15) is 14.4 Å². The maximum absolute atomic E-state index is 12.2. The molecule has 144 valence electrons. The second kappa shape index (κ2) is 10.5. The zero-order valence-electron chi connectivity index (χ0n) is 15.4.